The van der Waals surface area contributed by atoms with Gasteiger partial charge in [-0.1, -0.05) is 6.07 Å². The average Bonchev–Trinajstić information content (AvgIpc) is 2.41. The molecular formula is C13H10BrF2N3S. The SMILES string of the molecule is Fc1cccc(F)c1CNC(=S)Nc1ccc(Br)cn1. The summed E-state index contributed by atoms with van der Waals surface area (Å²) in [6.45, 7) is -0.0408. The lowest BCUT2D eigenvalue weighted by atomic mass is 10.2. The highest BCUT2D eigenvalue weighted by atomic mass is 79.9. The first-order valence-electron chi connectivity index (χ1n) is 5.65. The van der Waals surface area contributed by atoms with Crippen LogP contribution >= 0.6 is 28.1 Å². The van der Waals surface area contributed by atoms with Gasteiger partial charge in [0.15, 0.2) is 5.11 Å². The predicted molar refractivity (Wildman–Crippen MR) is 81.4 cm³/mol. The number of nitrogens with one attached hydrogen (secondary N) is 2. The molecule has 1 heterocycles. The number of anilines is 1. The third kappa shape index (κ3) is 3.94. The minimum atomic E-state index is -0.609. The van der Waals surface area contributed by atoms with Crippen molar-refractivity contribution in [1.29, 1.82) is 0 Å². The van der Waals surface area contributed by atoms with Gasteiger partial charge in [-0.3, -0.25) is 0 Å². The average molecular weight is 358 g/mol. The molecule has 0 bridgehead atoms. The molecule has 0 aliphatic heterocycles. The van der Waals surface area contributed by atoms with Crippen molar-refractivity contribution in [3.63, 3.8) is 0 Å². The first-order chi connectivity index (χ1) is 9.56. The van der Waals surface area contributed by atoms with Crippen LogP contribution in [-0.4, -0.2) is 10.1 Å². The van der Waals surface area contributed by atoms with E-state index in [1.54, 1.807) is 18.3 Å². The normalized spacial score (nSPS) is 10.2. The van der Waals surface area contributed by atoms with Crippen molar-refractivity contribution in [1.82, 2.24) is 10.3 Å². The maximum atomic E-state index is 13.4. The summed E-state index contributed by atoms with van der Waals surface area (Å²) in [4.78, 5) is 4.07. The predicted octanol–water partition coefficient (Wildman–Crippen LogP) is 3.61. The van der Waals surface area contributed by atoms with Crippen molar-refractivity contribution in [2.75, 3.05) is 5.32 Å². The smallest absolute Gasteiger partial charge is 0.172 e. The molecule has 0 aliphatic carbocycles. The van der Waals surface area contributed by atoms with Crippen molar-refractivity contribution < 1.29 is 8.78 Å². The number of aromatic nitrogens is 1. The lowest BCUT2D eigenvalue weighted by Crippen LogP contribution is -2.29. The second-order valence-corrected chi connectivity index (χ2v) is 5.19. The van der Waals surface area contributed by atoms with E-state index in [2.05, 4.69) is 31.5 Å². The van der Waals surface area contributed by atoms with E-state index in [0.29, 0.717) is 5.82 Å². The molecule has 7 heteroatoms. The number of pyridine rings is 1. The van der Waals surface area contributed by atoms with Crippen LogP contribution in [0.25, 0.3) is 0 Å². The minimum Gasteiger partial charge on any atom is -0.358 e. The van der Waals surface area contributed by atoms with Crippen molar-refractivity contribution in [2.24, 2.45) is 0 Å². The molecular weight excluding hydrogens is 348 g/mol. The van der Waals surface area contributed by atoms with Crippen LogP contribution in [0.3, 0.4) is 0 Å². The molecule has 0 atom stereocenters. The van der Waals surface area contributed by atoms with E-state index in [9.17, 15) is 8.78 Å². The number of halogens is 3. The Morgan fingerprint density at radius 2 is 1.90 bits per heavy atom. The van der Waals surface area contributed by atoms with Crippen LogP contribution in [-0.2, 0) is 6.54 Å². The zero-order chi connectivity index (χ0) is 14.5. The summed E-state index contributed by atoms with van der Waals surface area (Å²) < 4.78 is 27.7. The third-order valence-corrected chi connectivity index (χ3v) is 3.17. The largest absolute Gasteiger partial charge is 0.358 e. The highest BCUT2D eigenvalue weighted by molar-refractivity contribution is 9.10. The number of hydrogen-bond donors (Lipinski definition) is 2. The molecule has 0 unspecified atom stereocenters. The lowest BCUT2D eigenvalue weighted by Gasteiger charge is -2.11. The van der Waals surface area contributed by atoms with E-state index in [-0.39, 0.29) is 17.2 Å². The fraction of sp³-hybridized carbons (Fsp3) is 0.0769. The van der Waals surface area contributed by atoms with Gasteiger partial charge in [-0.15, -0.1) is 0 Å². The van der Waals surface area contributed by atoms with E-state index >= 15 is 0 Å². The summed E-state index contributed by atoms with van der Waals surface area (Å²) in [5.74, 6) is -0.677. The molecule has 0 saturated heterocycles. The number of thiocarbonyl (C=S) groups is 1. The van der Waals surface area contributed by atoms with Crippen LogP contribution in [0.1, 0.15) is 5.56 Å². The van der Waals surface area contributed by atoms with Gasteiger partial charge < -0.3 is 10.6 Å². The minimum absolute atomic E-state index is 0.0408. The number of benzene rings is 1. The fourth-order valence-corrected chi connectivity index (χ4v) is 1.89. The van der Waals surface area contributed by atoms with Gasteiger partial charge in [0.05, 0.1) is 0 Å². The molecule has 1 aromatic carbocycles. The van der Waals surface area contributed by atoms with Crippen molar-refractivity contribution in [3.05, 3.63) is 58.2 Å². The quantitative estimate of drug-likeness (QED) is 0.822. The monoisotopic (exact) mass is 357 g/mol. The van der Waals surface area contributed by atoms with E-state index < -0.39 is 11.6 Å². The van der Waals surface area contributed by atoms with E-state index in [0.717, 1.165) is 4.47 Å². The van der Waals surface area contributed by atoms with Gasteiger partial charge in [0.2, 0.25) is 0 Å². The Balaban J connectivity index is 1.94. The molecule has 2 aromatic rings. The van der Waals surface area contributed by atoms with Crippen LogP contribution in [0.2, 0.25) is 0 Å². The zero-order valence-corrected chi connectivity index (χ0v) is 12.6. The molecule has 0 aliphatic rings. The molecule has 1 aromatic heterocycles. The number of hydrogen-bond acceptors (Lipinski definition) is 2. The van der Waals surface area contributed by atoms with Crippen LogP contribution in [0.5, 0.6) is 0 Å². The molecule has 2 N–H and O–H groups in total. The Kier molecular flexibility index (Phi) is 4.97. The molecule has 3 nitrogen and oxygen atoms in total. The van der Waals surface area contributed by atoms with Crippen LogP contribution in [0.4, 0.5) is 14.6 Å². The lowest BCUT2D eigenvalue weighted by molar-refractivity contribution is 0.551. The summed E-state index contributed by atoms with van der Waals surface area (Å²) >= 11 is 8.30. The molecule has 2 rings (SSSR count). The Labute approximate surface area is 128 Å². The van der Waals surface area contributed by atoms with Crippen LogP contribution < -0.4 is 10.6 Å². The van der Waals surface area contributed by atoms with Gasteiger partial charge in [-0.2, -0.15) is 0 Å². The Morgan fingerprint density at radius 1 is 1.20 bits per heavy atom. The Morgan fingerprint density at radius 3 is 2.50 bits per heavy atom. The van der Waals surface area contributed by atoms with Gasteiger partial charge in [-0.25, -0.2) is 13.8 Å². The summed E-state index contributed by atoms with van der Waals surface area (Å²) in [7, 11) is 0. The first-order valence-corrected chi connectivity index (χ1v) is 6.85. The van der Waals surface area contributed by atoms with Gasteiger partial charge in [0.25, 0.3) is 0 Å². The van der Waals surface area contributed by atoms with Crippen molar-refractivity contribution in [3.8, 4) is 0 Å². The summed E-state index contributed by atoms with van der Waals surface area (Å²) in [6, 6.07) is 7.24. The molecule has 0 fully saturated rings. The fourth-order valence-electron chi connectivity index (χ4n) is 1.48. The van der Waals surface area contributed by atoms with Crippen LogP contribution in [0, 0.1) is 11.6 Å². The zero-order valence-electron chi connectivity index (χ0n) is 10.2. The maximum Gasteiger partial charge on any atom is 0.172 e. The second kappa shape index (κ2) is 6.71. The van der Waals surface area contributed by atoms with Gasteiger partial charge >= 0.3 is 0 Å². The molecule has 0 radical (unpaired) electrons. The molecule has 0 spiro atoms. The van der Waals surface area contributed by atoms with Crippen molar-refractivity contribution in [2.45, 2.75) is 6.54 Å². The van der Waals surface area contributed by atoms with Gasteiger partial charge in [0, 0.05) is 22.8 Å². The molecule has 20 heavy (non-hydrogen) atoms. The summed E-state index contributed by atoms with van der Waals surface area (Å²) in [6.07, 6.45) is 1.61. The topological polar surface area (TPSA) is 37.0 Å². The molecule has 0 amide bonds. The number of rotatable bonds is 3. The standard InChI is InChI=1S/C13H10BrF2N3S/c14-8-4-5-12(17-6-8)19-13(20)18-7-9-10(15)2-1-3-11(9)16/h1-6H,7H2,(H2,17,18,19,20). The Hall–Kier alpha value is -1.60. The Bertz CT molecular complexity index is 599. The second-order valence-electron chi connectivity index (χ2n) is 3.87. The highest BCUT2D eigenvalue weighted by Crippen LogP contribution is 2.12. The van der Waals surface area contributed by atoms with Crippen LogP contribution in [0.15, 0.2) is 41.0 Å². The summed E-state index contributed by atoms with van der Waals surface area (Å²) in [5.41, 5.74) is -0.0552. The van der Waals surface area contributed by atoms with E-state index in [1.165, 1.54) is 18.2 Å². The van der Waals surface area contributed by atoms with E-state index in [1.807, 2.05) is 0 Å². The number of nitrogens with zero attached hydrogens (tertiary/aromatic N) is 1. The maximum absolute atomic E-state index is 13.4. The highest BCUT2D eigenvalue weighted by Gasteiger charge is 2.08. The molecule has 0 saturated carbocycles. The third-order valence-electron chi connectivity index (χ3n) is 2.46. The van der Waals surface area contributed by atoms with Gasteiger partial charge in [-0.05, 0) is 52.4 Å². The molecule has 104 valence electrons. The first kappa shape index (κ1) is 14.8. The van der Waals surface area contributed by atoms with E-state index in [4.69, 9.17) is 12.2 Å². The summed E-state index contributed by atoms with van der Waals surface area (Å²) in [5, 5.41) is 5.79. The van der Waals surface area contributed by atoms with Crippen molar-refractivity contribution >= 4 is 39.1 Å². The van der Waals surface area contributed by atoms with Gasteiger partial charge in [0.1, 0.15) is 17.5 Å².